The van der Waals surface area contributed by atoms with Crippen LogP contribution in [0, 0.1) is 0 Å². The average Bonchev–Trinajstić information content (AvgIpc) is 3.30. The number of hydrogen-bond donors (Lipinski definition) is 1. The van der Waals surface area contributed by atoms with Crippen LogP contribution in [-0.4, -0.2) is 48.6 Å². The Bertz CT molecular complexity index is 408. The molecule has 0 amide bonds. The van der Waals surface area contributed by atoms with Gasteiger partial charge in [0.1, 0.15) is 0 Å². The molecule has 1 aromatic rings. The highest BCUT2D eigenvalue weighted by molar-refractivity contribution is 5.52. The van der Waals surface area contributed by atoms with Crippen LogP contribution in [0.15, 0.2) is 18.5 Å². The second-order valence-electron chi connectivity index (χ2n) is 5.58. The predicted molar refractivity (Wildman–Crippen MR) is 78.4 cm³/mol. The maximum absolute atomic E-state index is 4.32. The molecule has 2 aliphatic rings. The molecule has 104 valence electrons. The Kier molecular flexibility index (Phi) is 3.99. The van der Waals surface area contributed by atoms with Crippen molar-refractivity contribution in [2.75, 3.05) is 37.6 Å². The van der Waals surface area contributed by atoms with Crippen LogP contribution in [0.1, 0.15) is 25.3 Å². The van der Waals surface area contributed by atoms with E-state index in [1.165, 1.54) is 37.2 Å². The predicted octanol–water partition coefficient (Wildman–Crippen LogP) is 1.48. The fraction of sp³-hybridized carbons (Fsp3) is 0.667. The number of hydrogen-bond acceptors (Lipinski definition) is 4. The molecule has 1 aromatic heterocycles. The fourth-order valence-corrected chi connectivity index (χ4v) is 2.70. The highest BCUT2D eigenvalue weighted by Gasteiger charge is 2.22. The van der Waals surface area contributed by atoms with Gasteiger partial charge in [-0.25, -0.2) is 0 Å². The highest BCUT2D eigenvalue weighted by Crippen LogP contribution is 2.23. The van der Waals surface area contributed by atoms with Crippen LogP contribution < -0.4 is 10.2 Å². The Balaban J connectivity index is 1.65. The minimum atomic E-state index is 0.762. The minimum Gasteiger partial charge on any atom is -0.367 e. The van der Waals surface area contributed by atoms with E-state index in [0.717, 1.165) is 32.2 Å². The van der Waals surface area contributed by atoms with Crippen molar-refractivity contribution in [2.24, 2.45) is 0 Å². The van der Waals surface area contributed by atoms with Crippen molar-refractivity contribution < 1.29 is 0 Å². The van der Waals surface area contributed by atoms with Crippen molar-refractivity contribution in [3.63, 3.8) is 0 Å². The Morgan fingerprint density at radius 3 is 2.74 bits per heavy atom. The number of nitrogens with one attached hydrogen (secondary N) is 1. The fourth-order valence-electron chi connectivity index (χ4n) is 2.70. The lowest BCUT2D eigenvalue weighted by Crippen LogP contribution is -2.46. The van der Waals surface area contributed by atoms with E-state index in [1.54, 1.807) is 0 Å². The lowest BCUT2D eigenvalue weighted by atomic mass is 10.2. The molecule has 0 atom stereocenters. The van der Waals surface area contributed by atoms with Crippen LogP contribution in [0.5, 0.6) is 0 Å². The Labute approximate surface area is 115 Å². The number of anilines is 1. The first-order valence-corrected chi connectivity index (χ1v) is 7.50. The summed E-state index contributed by atoms with van der Waals surface area (Å²) in [6.07, 6.45) is 6.63. The zero-order chi connectivity index (χ0) is 13.1. The van der Waals surface area contributed by atoms with E-state index < -0.39 is 0 Å². The summed E-state index contributed by atoms with van der Waals surface area (Å²) in [6, 6.07) is 2.93. The summed E-state index contributed by atoms with van der Waals surface area (Å²) in [7, 11) is 0. The van der Waals surface area contributed by atoms with Gasteiger partial charge in [-0.15, -0.1) is 0 Å². The normalized spacial score (nSPS) is 20.8. The molecule has 19 heavy (non-hydrogen) atoms. The third-order valence-corrected chi connectivity index (χ3v) is 4.21. The van der Waals surface area contributed by atoms with E-state index in [1.807, 2.05) is 12.4 Å². The van der Waals surface area contributed by atoms with Crippen molar-refractivity contribution in [3.05, 3.63) is 24.0 Å². The lowest BCUT2D eigenvalue weighted by molar-refractivity contribution is 0.271. The molecule has 1 aliphatic carbocycles. The standard InChI is InChI=1S/C15H24N4/c1-2-18-7-9-19(10-8-18)15-12-16-6-5-13(15)11-17-14-3-4-14/h5-6,12,14,17H,2-4,7-11H2,1H3. The van der Waals surface area contributed by atoms with Gasteiger partial charge in [0.05, 0.1) is 11.9 Å². The molecule has 1 N–H and O–H groups in total. The van der Waals surface area contributed by atoms with E-state index in [-0.39, 0.29) is 0 Å². The smallest absolute Gasteiger partial charge is 0.0599 e. The molecule has 1 saturated heterocycles. The summed E-state index contributed by atoms with van der Waals surface area (Å²) in [4.78, 5) is 9.32. The Morgan fingerprint density at radius 2 is 2.05 bits per heavy atom. The average molecular weight is 260 g/mol. The van der Waals surface area contributed by atoms with E-state index in [4.69, 9.17) is 0 Å². The van der Waals surface area contributed by atoms with Crippen LogP contribution >= 0.6 is 0 Å². The first kappa shape index (κ1) is 12.9. The molecule has 4 nitrogen and oxygen atoms in total. The SMILES string of the molecule is CCN1CCN(c2cnccc2CNC2CC2)CC1. The van der Waals surface area contributed by atoms with Crippen molar-refractivity contribution in [3.8, 4) is 0 Å². The maximum Gasteiger partial charge on any atom is 0.0599 e. The molecule has 0 spiro atoms. The summed E-state index contributed by atoms with van der Waals surface area (Å²) in [6.45, 7) is 8.96. The van der Waals surface area contributed by atoms with Crippen LogP contribution in [-0.2, 0) is 6.54 Å². The molecule has 2 heterocycles. The Morgan fingerprint density at radius 1 is 1.26 bits per heavy atom. The minimum absolute atomic E-state index is 0.762. The van der Waals surface area contributed by atoms with Crippen molar-refractivity contribution in [1.82, 2.24) is 15.2 Å². The van der Waals surface area contributed by atoms with Gasteiger partial charge in [-0.2, -0.15) is 0 Å². The zero-order valence-electron chi connectivity index (χ0n) is 11.8. The molecule has 0 radical (unpaired) electrons. The number of likely N-dealkylation sites (N-methyl/N-ethyl adjacent to an activating group) is 1. The number of rotatable bonds is 5. The van der Waals surface area contributed by atoms with Gasteiger partial charge >= 0.3 is 0 Å². The van der Waals surface area contributed by atoms with Crippen molar-refractivity contribution in [1.29, 1.82) is 0 Å². The van der Waals surface area contributed by atoms with Gasteiger partial charge in [0.2, 0.25) is 0 Å². The van der Waals surface area contributed by atoms with Gasteiger partial charge in [0.15, 0.2) is 0 Å². The quantitative estimate of drug-likeness (QED) is 0.869. The van der Waals surface area contributed by atoms with Gasteiger partial charge in [0.25, 0.3) is 0 Å². The molecule has 1 saturated carbocycles. The summed E-state index contributed by atoms with van der Waals surface area (Å²) in [5, 5.41) is 3.61. The number of pyridine rings is 1. The number of piperazine rings is 1. The van der Waals surface area contributed by atoms with Gasteiger partial charge in [0, 0.05) is 45.0 Å². The molecule has 3 rings (SSSR count). The highest BCUT2D eigenvalue weighted by atomic mass is 15.3. The molecule has 0 unspecified atom stereocenters. The van der Waals surface area contributed by atoms with Gasteiger partial charge in [-0.1, -0.05) is 6.92 Å². The molecular formula is C15H24N4. The summed E-state index contributed by atoms with van der Waals surface area (Å²) in [5.41, 5.74) is 2.72. The van der Waals surface area contributed by atoms with Crippen LogP contribution in [0.25, 0.3) is 0 Å². The first-order chi connectivity index (χ1) is 9.36. The maximum atomic E-state index is 4.32. The van der Waals surface area contributed by atoms with E-state index in [9.17, 15) is 0 Å². The second kappa shape index (κ2) is 5.88. The van der Waals surface area contributed by atoms with Crippen molar-refractivity contribution in [2.45, 2.75) is 32.4 Å². The van der Waals surface area contributed by atoms with E-state index in [2.05, 4.69) is 33.1 Å². The van der Waals surface area contributed by atoms with Crippen LogP contribution in [0.2, 0.25) is 0 Å². The van der Waals surface area contributed by atoms with Crippen molar-refractivity contribution >= 4 is 5.69 Å². The molecule has 0 aromatic carbocycles. The summed E-state index contributed by atoms with van der Waals surface area (Å²) >= 11 is 0. The third-order valence-electron chi connectivity index (χ3n) is 4.21. The first-order valence-electron chi connectivity index (χ1n) is 7.50. The number of aromatic nitrogens is 1. The Hall–Kier alpha value is -1.13. The molecule has 0 bridgehead atoms. The monoisotopic (exact) mass is 260 g/mol. The van der Waals surface area contributed by atoms with Gasteiger partial charge in [-0.05, 0) is 31.0 Å². The molecular weight excluding hydrogens is 236 g/mol. The van der Waals surface area contributed by atoms with Crippen LogP contribution in [0.4, 0.5) is 5.69 Å². The second-order valence-corrected chi connectivity index (χ2v) is 5.58. The third kappa shape index (κ3) is 3.25. The molecule has 4 heteroatoms. The van der Waals surface area contributed by atoms with Crippen LogP contribution in [0.3, 0.4) is 0 Å². The topological polar surface area (TPSA) is 31.4 Å². The van der Waals surface area contributed by atoms with E-state index >= 15 is 0 Å². The van der Waals surface area contributed by atoms with Gasteiger partial charge < -0.3 is 15.1 Å². The van der Waals surface area contributed by atoms with Gasteiger partial charge in [-0.3, -0.25) is 4.98 Å². The zero-order valence-corrected chi connectivity index (χ0v) is 11.8. The summed E-state index contributed by atoms with van der Waals surface area (Å²) in [5.74, 6) is 0. The molecule has 1 aliphatic heterocycles. The molecule has 2 fully saturated rings. The summed E-state index contributed by atoms with van der Waals surface area (Å²) < 4.78 is 0. The van der Waals surface area contributed by atoms with E-state index in [0.29, 0.717) is 0 Å². The lowest BCUT2D eigenvalue weighted by Gasteiger charge is -2.36. The largest absolute Gasteiger partial charge is 0.367 e. The number of nitrogens with zero attached hydrogens (tertiary/aromatic N) is 3.